The molecule has 2 aromatic rings. The molecule has 80 valence electrons. The lowest BCUT2D eigenvalue weighted by molar-refractivity contribution is 0.825. The Morgan fingerprint density at radius 3 is 3.07 bits per heavy atom. The lowest BCUT2D eigenvalue weighted by atomic mass is 10.1. The van der Waals surface area contributed by atoms with Crippen molar-refractivity contribution in [3.8, 4) is 0 Å². The van der Waals surface area contributed by atoms with E-state index in [4.69, 9.17) is 5.73 Å². The summed E-state index contributed by atoms with van der Waals surface area (Å²) in [5.41, 5.74) is 7.72. The van der Waals surface area contributed by atoms with Gasteiger partial charge in [-0.2, -0.15) is 5.10 Å². The first-order chi connectivity index (χ1) is 7.35. The van der Waals surface area contributed by atoms with Crippen molar-refractivity contribution in [1.82, 2.24) is 14.6 Å². The third kappa shape index (κ3) is 1.99. The average Bonchev–Trinajstić information content (AvgIpc) is 2.69. The van der Waals surface area contributed by atoms with E-state index in [-0.39, 0.29) is 0 Å². The Morgan fingerprint density at radius 1 is 1.47 bits per heavy atom. The summed E-state index contributed by atoms with van der Waals surface area (Å²) in [6, 6.07) is 4.10. The molecule has 2 heterocycles. The summed E-state index contributed by atoms with van der Waals surface area (Å²) in [6.45, 7) is 2.78. The maximum atomic E-state index is 5.51. The van der Waals surface area contributed by atoms with E-state index in [1.807, 2.05) is 16.8 Å². The monoisotopic (exact) mass is 204 g/mol. The largest absolute Gasteiger partial charge is 0.330 e. The van der Waals surface area contributed by atoms with Crippen molar-refractivity contribution in [3.05, 3.63) is 29.7 Å². The molecule has 0 aliphatic rings. The Bertz CT molecular complexity index is 447. The fourth-order valence-electron chi connectivity index (χ4n) is 1.64. The predicted molar refractivity (Wildman–Crippen MR) is 59.7 cm³/mol. The van der Waals surface area contributed by atoms with Gasteiger partial charge in [0.25, 0.3) is 0 Å². The van der Waals surface area contributed by atoms with Crippen LogP contribution in [0.2, 0.25) is 0 Å². The number of hydrogen-bond donors (Lipinski definition) is 1. The molecule has 0 unspecified atom stereocenters. The third-order valence-corrected chi connectivity index (χ3v) is 2.45. The minimum atomic E-state index is 0.718. The van der Waals surface area contributed by atoms with Crippen molar-refractivity contribution in [2.45, 2.75) is 26.2 Å². The van der Waals surface area contributed by atoms with Gasteiger partial charge in [0, 0.05) is 12.6 Å². The Labute approximate surface area is 89.1 Å². The normalized spacial score (nSPS) is 11.1. The van der Waals surface area contributed by atoms with Gasteiger partial charge in [0.2, 0.25) is 0 Å². The van der Waals surface area contributed by atoms with Crippen LogP contribution in [0.1, 0.15) is 24.7 Å². The molecular weight excluding hydrogens is 188 g/mol. The van der Waals surface area contributed by atoms with Crippen LogP contribution in [0.25, 0.3) is 5.65 Å². The molecule has 0 fully saturated rings. The first kappa shape index (κ1) is 10.1. The lowest BCUT2D eigenvalue weighted by Gasteiger charge is -2.00. The van der Waals surface area contributed by atoms with Crippen LogP contribution in [0.15, 0.2) is 18.3 Å². The Morgan fingerprint density at radius 2 is 2.33 bits per heavy atom. The van der Waals surface area contributed by atoms with Crippen LogP contribution in [0, 0.1) is 0 Å². The molecule has 0 amide bonds. The minimum Gasteiger partial charge on any atom is -0.330 e. The van der Waals surface area contributed by atoms with Crippen molar-refractivity contribution in [2.75, 3.05) is 6.54 Å². The van der Waals surface area contributed by atoms with Gasteiger partial charge in [0.15, 0.2) is 11.5 Å². The van der Waals surface area contributed by atoms with Gasteiger partial charge < -0.3 is 5.73 Å². The highest BCUT2D eigenvalue weighted by Crippen LogP contribution is 2.10. The van der Waals surface area contributed by atoms with Gasteiger partial charge in [-0.15, -0.1) is 0 Å². The number of pyridine rings is 1. The standard InChI is InChI=1S/C11H16N4/c1-2-10-13-11-9(5-3-7-12)6-4-8-15(11)14-10/h4,6,8H,2-3,5,7,12H2,1H3. The molecule has 0 aliphatic carbocycles. The predicted octanol–water partition coefficient (Wildman–Crippen LogP) is 1.18. The number of aryl methyl sites for hydroxylation is 2. The van der Waals surface area contributed by atoms with Gasteiger partial charge >= 0.3 is 0 Å². The van der Waals surface area contributed by atoms with Crippen molar-refractivity contribution in [1.29, 1.82) is 0 Å². The van der Waals surface area contributed by atoms with Crippen molar-refractivity contribution in [3.63, 3.8) is 0 Å². The second kappa shape index (κ2) is 4.40. The number of nitrogens with zero attached hydrogens (tertiary/aromatic N) is 3. The fraction of sp³-hybridized carbons (Fsp3) is 0.455. The molecule has 0 saturated carbocycles. The van der Waals surface area contributed by atoms with E-state index >= 15 is 0 Å². The van der Waals surface area contributed by atoms with Gasteiger partial charge in [-0.3, -0.25) is 0 Å². The maximum absolute atomic E-state index is 5.51. The zero-order chi connectivity index (χ0) is 10.7. The number of rotatable bonds is 4. The first-order valence-corrected chi connectivity index (χ1v) is 5.38. The summed E-state index contributed by atoms with van der Waals surface area (Å²) in [6.07, 6.45) is 4.78. The second-order valence-electron chi connectivity index (χ2n) is 3.58. The van der Waals surface area contributed by atoms with Crippen molar-refractivity contribution < 1.29 is 0 Å². The topological polar surface area (TPSA) is 56.2 Å². The Kier molecular flexibility index (Phi) is 2.97. The summed E-state index contributed by atoms with van der Waals surface area (Å²) < 4.78 is 1.85. The van der Waals surface area contributed by atoms with Gasteiger partial charge in [-0.05, 0) is 31.0 Å². The summed E-state index contributed by atoms with van der Waals surface area (Å²) in [5, 5.41) is 4.37. The van der Waals surface area contributed by atoms with Crippen molar-refractivity contribution in [2.24, 2.45) is 5.73 Å². The molecule has 0 aromatic carbocycles. The molecule has 0 spiro atoms. The number of nitrogens with two attached hydrogens (primary N) is 1. The molecular formula is C11H16N4. The highest BCUT2D eigenvalue weighted by atomic mass is 15.3. The molecule has 2 N–H and O–H groups in total. The van der Waals surface area contributed by atoms with E-state index in [2.05, 4.69) is 23.1 Å². The summed E-state index contributed by atoms with van der Waals surface area (Å²) in [7, 11) is 0. The number of fused-ring (bicyclic) bond motifs is 1. The van der Waals surface area contributed by atoms with Gasteiger partial charge in [0.05, 0.1) is 0 Å². The van der Waals surface area contributed by atoms with E-state index in [1.165, 1.54) is 5.56 Å². The maximum Gasteiger partial charge on any atom is 0.158 e. The molecule has 0 saturated heterocycles. The molecule has 0 atom stereocenters. The van der Waals surface area contributed by atoms with Crippen LogP contribution in [0.4, 0.5) is 0 Å². The highest BCUT2D eigenvalue weighted by Gasteiger charge is 2.05. The second-order valence-corrected chi connectivity index (χ2v) is 3.58. The molecule has 15 heavy (non-hydrogen) atoms. The van der Waals surface area contributed by atoms with E-state index in [9.17, 15) is 0 Å². The van der Waals surface area contributed by atoms with E-state index in [0.29, 0.717) is 0 Å². The van der Waals surface area contributed by atoms with Crippen LogP contribution in [-0.2, 0) is 12.8 Å². The zero-order valence-corrected chi connectivity index (χ0v) is 8.98. The Balaban J connectivity index is 2.40. The molecule has 2 aromatic heterocycles. The molecule has 4 heteroatoms. The SMILES string of the molecule is CCc1nc2c(CCCN)cccn2n1. The van der Waals surface area contributed by atoms with Crippen LogP contribution >= 0.6 is 0 Å². The van der Waals surface area contributed by atoms with Crippen LogP contribution in [0.3, 0.4) is 0 Å². The highest BCUT2D eigenvalue weighted by molar-refractivity contribution is 5.46. The fourth-order valence-corrected chi connectivity index (χ4v) is 1.64. The van der Waals surface area contributed by atoms with Gasteiger partial charge in [0.1, 0.15) is 0 Å². The quantitative estimate of drug-likeness (QED) is 0.813. The zero-order valence-electron chi connectivity index (χ0n) is 8.98. The van der Waals surface area contributed by atoms with Crippen LogP contribution in [-0.4, -0.2) is 21.1 Å². The molecule has 0 bridgehead atoms. The minimum absolute atomic E-state index is 0.718. The average molecular weight is 204 g/mol. The summed E-state index contributed by atoms with van der Waals surface area (Å²) >= 11 is 0. The van der Waals surface area contributed by atoms with Crippen molar-refractivity contribution >= 4 is 5.65 Å². The molecule has 0 aliphatic heterocycles. The third-order valence-electron chi connectivity index (χ3n) is 2.45. The molecule has 0 radical (unpaired) electrons. The van der Waals surface area contributed by atoms with Gasteiger partial charge in [-0.1, -0.05) is 13.0 Å². The summed E-state index contributed by atoms with van der Waals surface area (Å²) in [4.78, 5) is 4.50. The van der Waals surface area contributed by atoms with Gasteiger partial charge in [-0.25, -0.2) is 9.50 Å². The Hall–Kier alpha value is -1.42. The van der Waals surface area contributed by atoms with Crippen LogP contribution in [0.5, 0.6) is 0 Å². The van der Waals surface area contributed by atoms with E-state index < -0.39 is 0 Å². The lowest BCUT2D eigenvalue weighted by Crippen LogP contribution is -2.01. The van der Waals surface area contributed by atoms with E-state index in [0.717, 1.165) is 37.3 Å². The molecule has 4 nitrogen and oxygen atoms in total. The molecule has 2 rings (SSSR count). The number of aromatic nitrogens is 3. The van der Waals surface area contributed by atoms with E-state index in [1.54, 1.807) is 0 Å². The van der Waals surface area contributed by atoms with Crippen LogP contribution < -0.4 is 5.73 Å². The summed E-state index contributed by atoms with van der Waals surface area (Å²) in [5.74, 6) is 0.898. The first-order valence-electron chi connectivity index (χ1n) is 5.38. The number of hydrogen-bond acceptors (Lipinski definition) is 3. The smallest absolute Gasteiger partial charge is 0.158 e.